The molecule has 0 N–H and O–H groups in total. The topological polar surface area (TPSA) is 0 Å². The molecule has 0 unspecified atom stereocenters. The molecule has 0 aliphatic carbocycles. The van der Waals surface area contributed by atoms with Crippen molar-refractivity contribution in [1.29, 1.82) is 0 Å². The van der Waals surface area contributed by atoms with Crippen molar-refractivity contribution in [3.63, 3.8) is 0 Å². The molecule has 0 aromatic rings. The molecule has 0 saturated carbocycles. The molecule has 0 fully saturated rings. The summed E-state index contributed by atoms with van der Waals surface area (Å²) in [4.78, 5) is 0. The van der Waals surface area contributed by atoms with Crippen molar-refractivity contribution in [2.45, 2.75) is 118 Å². The molecule has 2 heteroatoms. The molecule has 0 nitrogen and oxygen atoms in total. The predicted octanol–water partition coefficient (Wildman–Crippen LogP) is 9.39. The summed E-state index contributed by atoms with van der Waals surface area (Å²) in [5, 5.41) is -1.61. The van der Waals surface area contributed by atoms with Crippen LogP contribution in [-0.4, -0.2) is 24.6 Å². The Kier molecular flexibility index (Phi) is 15.6. The molecule has 0 saturated heterocycles. The zero-order valence-electron chi connectivity index (χ0n) is 17.6. The molecule has 0 spiro atoms. The molecule has 24 heavy (non-hydrogen) atoms. The Labute approximate surface area is 163 Å². The molecule has 0 aliphatic rings. The predicted molar refractivity (Wildman–Crippen MR) is 123 cm³/mol. The zero-order chi connectivity index (χ0) is 18.2. The Bertz CT molecular complexity index is 251. The van der Waals surface area contributed by atoms with E-state index in [2.05, 4.69) is 43.2 Å². The van der Waals surface area contributed by atoms with E-state index in [0.717, 1.165) is 0 Å². The summed E-state index contributed by atoms with van der Waals surface area (Å²) < 4.78 is 0. The Morgan fingerprint density at radius 1 is 0.417 bits per heavy atom. The first-order valence-electron chi connectivity index (χ1n) is 11.3. The van der Waals surface area contributed by atoms with Crippen molar-refractivity contribution in [2.75, 3.05) is 24.6 Å². The van der Waals surface area contributed by atoms with Crippen molar-refractivity contribution >= 4 is 20.8 Å². The van der Waals surface area contributed by atoms with E-state index in [-0.39, 0.29) is 0 Å². The summed E-state index contributed by atoms with van der Waals surface area (Å²) >= 11 is 4.51. The van der Waals surface area contributed by atoms with Gasteiger partial charge in [0.25, 0.3) is 0 Å². The van der Waals surface area contributed by atoms with Crippen LogP contribution in [0.1, 0.15) is 118 Å². The van der Waals surface area contributed by atoms with Gasteiger partial charge < -0.3 is 0 Å². The van der Waals surface area contributed by atoms with Crippen molar-refractivity contribution in [3.05, 3.63) is 0 Å². The van der Waals surface area contributed by atoms with Crippen LogP contribution in [0.3, 0.4) is 0 Å². The fraction of sp³-hybridized carbons (Fsp3) is 1.00. The monoisotopic (exact) mass is 422 g/mol. The average molecular weight is 424 g/mol. The van der Waals surface area contributed by atoms with Crippen LogP contribution >= 0.6 is 20.8 Å². The SMILES string of the molecule is CCCCCCCCP(Br)(CCC)(CCC)CCCCCCCC. The van der Waals surface area contributed by atoms with Gasteiger partial charge in [-0.05, 0) is 0 Å². The van der Waals surface area contributed by atoms with Crippen molar-refractivity contribution in [3.8, 4) is 0 Å². The average Bonchev–Trinajstić information content (AvgIpc) is 2.55. The molecular formula is C22H48BrP. The molecule has 0 aromatic heterocycles. The molecule has 148 valence electrons. The summed E-state index contributed by atoms with van der Waals surface area (Å²) in [5.41, 5.74) is 0. The normalized spacial score (nSPS) is 13.8. The molecule has 0 heterocycles. The molecule has 0 aliphatic heterocycles. The number of unbranched alkanes of at least 4 members (excludes halogenated alkanes) is 10. The zero-order valence-corrected chi connectivity index (χ0v) is 20.0. The third-order valence-electron chi connectivity index (χ3n) is 5.71. The van der Waals surface area contributed by atoms with E-state index in [4.69, 9.17) is 0 Å². The molecular weight excluding hydrogens is 375 g/mol. The second-order valence-corrected chi connectivity index (χ2v) is 19.7. The molecule has 0 aromatic carbocycles. The first-order chi connectivity index (χ1) is 11.5. The second-order valence-electron chi connectivity index (χ2n) is 8.25. The van der Waals surface area contributed by atoms with Crippen molar-refractivity contribution < 1.29 is 0 Å². The number of hydrogen-bond acceptors (Lipinski definition) is 0. The fourth-order valence-corrected chi connectivity index (χ4v) is 13.6. The Morgan fingerprint density at radius 3 is 1.08 bits per heavy atom. The van der Waals surface area contributed by atoms with Gasteiger partial charge in [0.2, 0.25) is 0 Å². The first kappa shape index (κ1) is 24.9. The van der Waals surface area contributed by atoms with Crippen LogP contribution in [0, 0.1) is 0 Å². The van der Waals surface area contributed by atoms with Gasteiger partial charge in [-0.1, -0.05) is 0 Å². The fourth-order valence-electron chi connectivity index (χ4n) is 4.36. The van der Waals surface area contributed by atoms with E-state index >= 15 is 0 Å². The Morgan fingerprint density at radius 2 is 0.750 bits per heavy atom. The molecule has 0 amide bonds. The quantitative estimate of drug-likeness (QED) is 0.152. The van der Waals surface area contributed by atoms with Crippen LogP contribution in [0.5, 0.6) is 0 Å². The maximum atomic E-state index is 4.51. The van der Waals surface area contributed by atoms with Gasteiger partial charge in [-0.3, -0.25) is 0 Å². The molecule has 0 radical (unpaired) electrons. The third kappa shape index (κ3) is 11.5. The van der Waals surface area contributed by atoms with Crippen LogP contribution in [0.4, 0.5) is 0 Å². The van der Waals surface area contributed by atoms with Gasteiger partial charge in [0.05, 0.1) is 0 Å². The van der Waals surface area contributed by atoms with Gasteiger partial charge in [-0.25, -0.2) is 0 Å². The van der Waals surface area contributed by atoms with E-state index in [1.807, 2.05) is 0 Å². The van der Waals surface area contributed by atoms with Gasteiger partial charge in [-0.15, -0.1) is 0 Å². The Hall–Kier alpha value is 0.910. The van der Waals surface area contributed by atoms with Crippen molar-refractivity contribution in [1.82, 2.24) is 0 Å². The summed E-state index contributed by atoms with van der Waals surface area (Å²) in [5.74, 6) is 0. The van der Waals surface area contributed by atoms with Crippen molar-refractivity contribution in [2.24, 2.45) is 0 Å². The number of rotatable bonds is 18. The van der Waals surface area contributed by atoms with Gasteiger partial charge in [0, 0.05) is 0 Å². The number of hydrogen-bond donors (Lipinski definition) is 0. The Balaban J connectivity index is 4.41. The van der Waals surface area contributed by atoms with E-state index in [1.165, 1.54) is 115 Å². The molecule has 0 bridgehead atoms. The van der Waals surface area contributed by atoms with E-state index < -0.39 is 5.31 Å². The second kappa shape index (κ2) is 15.0. The van der Waals surface area contributed by atoms with Crippen LogP contribution < -0.4 is 0 Å². The minimum absolute atomic E-state index is 1.36. The third-order valence-corrected chi connectivity index (χ3v) is 16.0. The van der Waals surface area contributed by atoms with Gasteiger partial charge >= 0.3 is 163 Å². The summed E-state index contributed by atoms with van der Waals surface area (Å²) in [6.45, 7) is 9.43. The van der Waals surface area contributed by atoms with Gasteiger partial charge in [0.1, 0.15) is 0 Å². The van der Waals surface area contributed by atoms with Crippen LogP contribution in [0.15, 0.2) is 0 Å². The van der Waals surface area contributed by atoms with Crippen LogP contribution in [-0.2, 0) is 0 Å². The number of halogens is 1. The molecule has 0 atom stereocenters. The standard InChI is InChI=1S/C22H48BrP/c1-5-9-11-13-15-17-21-24(23,19-7-3,20-8-4)22-18-16-14-12-10-6-2/h5-22H2,1-4H3. The van der Waals surface area contributed by atoms with E-state index in [0.29, 0.717) is 0 Å². The van der Waals surface area contributed by atoms with E-state index in [1.54, 1.807) is 0 Å². The van der Waals surface area contributed by atoms with Crippen LogP contribution in [0.25, 0.3) is 0 Å². The summed E-state index contributed by atoms with van der Waals surface area (Å²) in [6.07, 6.45) is 26.1. The van der Waals surface area contributed by atoms with Crippen LogP contribution in [0.2, 0.25) is 0 Å². The van der Waals surface area contributed by atoms with E-state index in [9.17, 15) is 0 Å². The minimum atomic E-state index is -1.61. The summed E-state index contributed by atoms with van der Waals surface area (Å²) in [6, 6.07) is 0. The maximum absolute atomic E-state index is 4.51. The first-order valence-corrected chi connectivity index (χ1v) is 16.3. The molecule has 0 rings (SSSR count). The summed E-state index contributed by atoms with van der Waals surface area (Å²) in [7, 11) is 0. The van der Waals surface area contributed by atoms with Gasteiger partial charge in [-0.2, -0.15) is 0 Å². The van der Waals surface area contributed by atoms with Gasteiger partial charge in [0.15, 0.2) is 0 Å².